The lowest BCUT2D eigenvalue weighted by molar-refractivity contribution is 0.612. The molecule has 1 aromatic carbocycles. The van der Waals surface area contributed by atoms with Crippen molar-refractivity contribution in [2.75, 3.05) is 0 Å². The summed E-state index contributed by atoms with van der Waals surface area (Å²) >= 11 is 0. The van der Waals surface area contributed by atoms with Crippen LogP contribution in [0.1, 0.15) is 35.6 Å². The molecule has 0 spiro atoms. The minimum Gasteiger partial charge on any atom is -0.303 e. The second-order valence-corrected chi connectivity index (χ2v) is 4.68. The topological polar surface area (TPSA) is 41.6 Å². The van der Waals surface area contributed by atoms with Gasteiger partial charge in [-0.2, -0.15) is 5.26 Å². The molecule has 0 bridgehead atoms. The fourth-order valence-corrected chi connectivity index (χ4v) is 2.11. The molecule has 1 saturated carbocycles. The number of rotatable bonds is 2. The first kappa shape index (κ1) is 11.0. The van der Waals surface area contributed by atoms with Crippen LogP contribution in [0.15, 0.2) is 24.7 Å². The van der Waals surface area contributed by atoms with Gasteiger partial charge in [-0.15, -0.1) is 0 Å². The summed E-state index contributed by atoms with van der Waals surface area (Å²) in [7, 11) is 0. The van der Waals surface area contributed by atoms with Gasteiger partial charge in [0.25, 0.3) is 0 Å². The number of hydrogen-bond donors (Lipinski definition) is 0. The van der Waals surface area contributed by atoms with Crippen LogP contribution in [-0.2, 0) is 0 Å². The van der Waals surface area contributed by atoms with Gasteiger partial charge >= 0.3 is 0 Å². The van der Waals surface area contributed by atoms with Crippen LogP contribution in [0.2, 0.25) is 0 Å². The molecule has 1 heterocycles. The van der Waals surface area contributed by atoms with E-state index in [2.05, 4.69) is 4.98 Å². The summed E-state index contributed by atoms with van der Waals surface area (Å²) in [5.74, 6) is 0.0611. The van der Waals surface area contributed by atoms with Crippen LogP contribution in [0.4, 0.5) is 4.39 Å². The van der Waals surface area contributed by atoms with E-state index < -0.39 is 5.82 Å². The number of halogens is 1. The van der Waals surface area contributed by atoms with E-state index in [1.54, 1.807) is 17.0 Å². The van der Waals surface area contributed by atoms with Gasteiger partial charge in [0, 0.05) is 12.1 Å². The summed E-state index contributed by atoms with van der Waals surface area (Å²) in [6.07, 6.45) is 5.82. The summed E-state index contributed by atoms with van der Waals surface area (Å²) in [6.45, 7) is 1.83. The summed E-state index contributed by atoms with van der Waals surface area (Å²) in [4.78, 5) is 4.31. The van der Waals surface area contributed by atoms with Crippen LogP contribution in [0.5, 0.6) is 0 Å². The summed E-state index contributed by atoms with van der Waals surface area (Å²) in [5, 5.41) is 8.87. The third-order valence-corrected chi connectivity index (χ3v) is 3.29. The molecular formula is C14H12FN3. The van der Waals surface area contributed by atoms with Crippen molar-refractivity contribution in [3.8, 4) is 11.8 Å². The summed E-state index contributed by atoms with van der Waals surface area (Å²) < 4.78 is 15.9. The number of aromatic nitrogens is 2. The average Bonchev–Trinajstić information content (AvgIpc) is 3.10. The molecule has 1 aliphatic rings. The number of aryl methyl sites for hydroxylation is 1. The average molecular weight is 241 g/mol. The van der Waals surface area contributed by atoms with Crippen LogP contribution >= 0.6 is 0 Å². The highest BCUT2D eigenvalue weighted by atomic mass is 19.1. The zero-order valence-corrected chi connectivity index (χ0v) is 10.0. The molecule has 0 radical (unpaired) electrons. The van der Waals surface area contributed by atoms with Gasteiger partial charge in [0.2, 0.25) is 0 Å². The molecule has 4 heteroatoms. The standard InChI is InChI=1S/C14H12FN3/c1-9-2-3-11(6-16)13(15)14(9)18-7-12(17-8-18)10-4-5-10/h2-3,7-8,10H,4-5H2,1H3. The van der Waals surface area contributed by atoms with Crippen LogP contribution in [0.3, 0.4) is 0 Å². The van der Waals surface area contributed by atoms with Crippen molar-refractivity contribution in [3.63, 3.8) is 0 Å². The molecule has 0 aliphatic heterocycles. The van der Waals surface area contributed by atoms with Crippen molar-refractivity contribution in [2.24, 2.45) is 0 Å². The van der Waals surface area contributed by atoms with Crippen LogP contribution in [0, 0.1) is 24.1 Å². The SMILES string of the molecule is Cc1ccc(C#N)c(F)c1-n1cnc(C2CC2)c1. The molecule has 1 fully saturated rings. The predicted octanol–water partition coefficient (Wildman–Crippen LogP) is 3.07. The lowest BCUT2D eigenvalue weighted by Crippen LogP contribution is -2.00. The van der Waals surface area contributed by atoms with E-state index in [-0.39, 0.29) is 5.56 Å². The number of imidazole rings is 1. The second kappa shape index (κ2) is 3.95. The lowest BCUT2D eigenvalue weighted by Gasteiger charge is -2.08. The van der Waals surface area contributed by atoms with Gasteiger partial charge in [0.05, 0.1) is 23.3 Å². The van der Waals surface area contributed by atoms with Gasteiger partial charge in [-0.1, -0.05) is 6.07 Å². The number of nitriles is 1. The van der Waals surface area contributed by atoms with Crippen molar-refractivity contribution >= 4 is 0 Å². The van der Waals surface area contributed by atoms with Gasteiger partial charge in [-0.25, -0.2) is 9.37 Å². The largest absolute Gasteiger partial charge is 0.303 e. The molecule has 1 aliphatic carbocycles. The highest BCUT2D eigenvalue weighted by Gasteiger charge is 2.26. The fourth-order valence-electron chi connectivity index (χ4n) is 2.11. The Kier molecular flexibility index (Phi) is 2.41. The minimum atomic E-state index is -0.475. The molecular weight excluding hydrogens is 229 g/mol. The first-order chi connectivity index (χ1) is 8.70. The number of benzene rings is 1. The Balaban J connectivity index is 2.12. The third kappa shape index (κ3) is 1.68. The van der Waals surface area contributed by atoms with Gasteiger partial charge in [0.1, 0.15) is 6.07 Å². The van der Waals surface area contributed by atoms with E-state index >= 15 is 0 Å². The quantitative estimate of drug-likeness (QED) is 0.810. The van der Waals surface area contributed by atoms with Gasteiger partial charge in [-0.05, 0) is 31.4 Å². The van der Waals surface area contributed by atoms with Crippen LogP contribution in [0.25, 0.3) is 5.69 Å². The highest BCUT2D eigenvalue weighted by Crippen LogP contribution is 2.39. The van der Waals surface area contributed by atoms with E-state index in [0.717, 1.165) is 24.1 Å². The summed E-state index contributed by atoms with van der Waals surface area (Å²) in [5.41, 5.74) is 2.30. The van der Waals surface area contributed by atoms with E-state index in [0.29, 0.717) is 11.6 Å². The van der Waals surface area contributed by atoms with Crippen molar-refractivity contribution in [2.45, 2.75) is 25.7 Å². The monoisotopic (exact) mass is 241 g/mol. The molecule has 3 rings (SSSR count). The molecule has 0 atom stereocenters. The molecule has 1 aromatic heterocycles. The Hall–Kier alpha value is -2.15. The maximum Gasteiger partial charge on any atom is 0.165 e. The molecule has 18 heavy (non-hydrogen) atoms. The zero-order valence-electron chi connectivity index (χ0n) is 10.0. The molecule has 2 aromatic rings. The van der Waals surface area contributed by atoms with E-state index in [9.17, 15) is 4.39 Å². The normalized spacial score (nSPS) is 14.5. The molecule has 0 unspecified atom stereocenters. The fraction of sp³-hybridized carbons (Fsp3) is 0.286. The minimum absolute atomic E-state index is 0.0669. The summed E-state index contributed by atoms with van der Waals surface area (Å²) in [6, 6.07) is 5.13. The number of hydrogen-bond acceptors (Lipinski definition) is 2. The molecule has 3 nitrogen and oxygen atoms in total. The first-order valence-corrected chi connectivity index (χ1v) is 5.94. The Labute approximate surface area is 105 Å². The van der Waals surface area contributed by atoms with Crippen molar-refractivity contribution < 1.29 is 4.39 Å². The maximum atomic E-state index is 14.2. The van der Waals surface area contributed by atoms with Gasteiger partial charge < -0.3 is 4.57 Å². The maximum absolute atomic E-state index is 14.2. The van der Waals surface area contributed by atoms with Gasteiger partial charge in [0.15, 0.2) is 5.82 Å². The zero-order chi connectivity index (χ0) is 12.7. The Morgan fingerprint density at radius 1 is 1.44 bits per heavy atom. The molecule has 0 amide bonds. The molecule has 0 saturated heterocycles. The lowest BCUT2D eigenvalue weighted by atomic mass is 10.1. The smallest absolute Gasteiger partial charge is 0.165 e. The highest BCUT2D eigenvalue weighted by molar-refractivity contribution is 5.49. The third-order valence-electron chi connectivity index (χ3n) is 3.29. The Bertz CT molecular complexity index is 648. The molecule has 0 N–H and O–H groups in total. The van der Waals surface area contributed by atoms with Crippen molar-refractivity contribution in [1.29, 1.82) is 5.26 Å². The van der Waals surface area contributed by atoms with Crippen LogP contribution < -0.4 is 0 Å². The Morgan fingerprint density at radius 3 is 2.89 bits per heavy atom. The van der Waals surface area contributed by atoms with Crippen LogP contribution in [-0.4, -0.2) is 9.55 Å². The number of nitrogens with zero attached hydrogens (tertiary/aromatic N) is 3. The predicted molar refractivity (Wildman–Crippen MR) is 64.9 cm³/mol. The van der Waals surface area contributed by atoms with Crippen molar-refractivity contribution in [3.05, 3.63) is 47.3 Å². The van der Waals surface area contributed by atoms with E-state index in [4.69, 9.17) is 5.26 Å². The first-order valence-electron chi connectivity index (χ1n) is 5.94. The van der Waals surface area contributed by atoms with Crippen molar-refractivity contribution in [1.82, 2.24) is 9.55 Å². The van der Waals surface area contributed by atoms with Gasteiger partial charge in [-0.3, -0.25) is 0 Å². The second-order valence-electron chi connectivity index (χ2n) is 4.68. The molecule has 90 valence electrons. The Morgan fingerprint density at radius 2 is 2.22 bits per heavy atom. The van der Waals surface area contributed by atoms with E-state index in [1.807, 2.05) is 19.2 Å². The van der Waals surface area contributed by atoms with E-state index in [1.165, 1.54) is 6.07 Å².